The predicted molar refractivity (Wildman–Crippen MR) is 67.8 cm³/mol. The lowest BCUT2D eigenvalue weighted by Crippen LogP contribution is -2.47. The number of aliphatic hydroxyl groups excluding tert-OH is 1. The zero-order valence-corrected chi connectivity index (χ0v) is 11.4. The molecular weight excluding hydrogens is 228 g/mol. The van der Waals surface area contributed by atoms with Crippen LogP contribution in [0.15, 0.2) is 11.1 Å². The minimum atomic E-state index is -0.285. The summed E-state index contributed by atoms with van der Waals surface area (Å²) in [5.74, 6) is 0.273. The van der Waals surface area contributed by atoms with Crippen molar-refractivity contribution in [3.8, 4) is 0 Å². The molecule has 0 radical (unpaired) electrons. The summed E-state index contributed by atoms with van der Waals surface area (Å²) in [7, 11) is 0. The van der Waals surface area contributed by atoms with Gasteiger partial charge in [0.25, 0.3) is 0 Å². The second-order valence-electron chi connectivity index (χ2n) is 6.51. The smallest absolute Gasteiger partial charge is 0.309 e. The first-order chi connectivity index (χ1) is 8.45. The number of carbonyl (C=O) groups is 1. The van der Waals surface area contributed by atoms with Crippen LogP contribution in [0.5, 0.6) is 0 Å². The van der Waals surface area contributed by atoms with Crippen molar-refractivity contribution in [2.45, 2.75) is 58.7 Å². The van der Waals surface area contributed by atoms with Crippen molar-refractivity contribution in [3.63, 3.8) is 0 Å². The highest BCUT2D eigenvalue weighted by atomic mass is 16.6. The van der Waals surface area contributed by atoms with Gasteiger partial charge in [0.1, 0.15) is 6.10 Å². The summed E-state index contributed by atoms with van der Waals surface area (Å²) in [5, 5.41) is 10.4. The van der Waals surface area contributed by atoms with Crippen molar-refractivity contribution in [2.24, 2.45) is 17.3 Å². The molecule has 18 heavy (non-hydrogen) atoms. The van der Waals surface area contributed by atoms with E-state index >= 15 is 0 Å². The SMILES string of the molecule is CC1=C2[C@H]3OC(=O)[C@@H](C)[C@@H]3CC[C@@]2(C)[C@H](O)CC1. The van der Waals surface area contributed by atoms with Gasteiger partial charge in [0.15, 0.2) is 0 Å². The Kier molecular flexibility index (Phi) is 2.60. The number of hydrogen-bond donors (Lipinski definition) is 1. The second-order valence-corrected chi connectivity index (χ2v) is 6.51. The van der Waals surface area contributed by atoms with Gasteiger partial charge in [0.2, 0.25) is 0 Å². The van der Waals surface area contributed by atoms with E-state index in [1.54, 1.807) is 0 Å². The number of hydrogen-bond acceptors (Lipinski definition) is 3. The number of aliphatic hydroxyl groups is 1. The van der Waals surface area contributed by atoms with Crippen molar-refractivity contribution in [1.29, 1.82) is 0 Å². The lowest BCUT2D eigenvalue weighted by molar-refractivity contribution is -0.143. The molecule has 2 aliphatic carbocycles. The Morgan fingerprint density at radius 2 is 2.11 bits per heavy atom. The summed E-state index contributed by atoms with van der Waals surface area (Å²) in [6.45, 7) is 6.26. The van der Waals surface area contributed by atoms with Gasteiger partial charge in [-0.25, -0.2) is 0 Å². The molecule has 0 spiro atoms. The summed E-state index contributed by atoms with van der Waals surface area (Å²) in [6.07, 6.45) is 3.38. The van der Waals surface area contributed by atoms with Crippen molar-refractivity contribution >= 4 is 5.97 Å². The number of esters is 1. The monoisotopic (exact) mass is 250 g/mol. The van der Waals surface area contributed by atoms with E-state index in [0.717, 1.165) is 25.7 Å². The molecule has 3 aliphatic rings. The minimum absolute atomic E-state index is 0.0129. The van der Waals surface area contributed by atoms with Crippen LogP contribution in [0.2, 0.25) is 0 Å². The molecule has 3 nitrogen and oxygen atoms in total. The van der Waals surface area contributed by atoms with Crippen LogP contribution in [0.1, 0.15) is 46.5 Å². The number of rotatable bonds is 0. The topological polar surface area (TPSA) is 46.5 Å². The maximum Gasteiger partial charge on any atom is 0.309 e. The molecule has 2 fully saturated rings. The Labute approximate surface area is 108 Å². The summed E-state index contributed by atoms with van der Waals surface area (Å²) in [4.78, 5) is 11.8. The third-order valence-corrected chi connectivity index (χ3v) is 5.53. The largest absolute Gasteiger partial charge is 0.457 e. The number of fused-ring (bicyclic) bond motifs is 3. The molecular formula is C15H22O3. The summed E-state index contributed by atoms with van der Waals surface area (Å²) >= 11 is 0. The van der Waals surface area contributed by atoms with Gasteiger partial charge in [-0.2, -0.15) is 0 Å². The van der Waals surface area contributed by atoms with Crippen LogP contribution in [0, 0.1) is 17.3 Å². The fourth-order valence-electron chi connectivity index (χ4n) is 4.24. The third-order valence-electron chi connectivity index (χ3n) is 5.53. The Morgan fingerprint density at radius 1 is 1.39 bits per heavy atom. The highest BCUT2D eigenvalue weighted by Gasteiger charge is 2.55. The average Bonchev–Trinajstić information content (AvgIpc) is 2.60. The van der Waals surface area contributed by atoms with Gasteiger partial charge in [-0.15, -0.1) is 0 Å². The van der Waals surface area contributed by atoms with Gasteiger partial charge >= 0.3 is 5.97 Å². The van der Waals surface area contributed by atoms with E-state index in [0.29, 0.717) is 5.92 Å². The zero-order valence-electron chi connectivity index (χ0n) is 11.4. The van der Waals surface area contributed by atoms with E-state index in [1.165, 1.54) is 11.1 Å². The van der Waals surface area contributed by atoms with E-state index in [2.05, 4.69) is 13.8 Å². The fraction of sp³-hybridized carbons (Fsp3) is 0.800. The molecule has 3 rings (SSSR count). The van der Waals surface area contributed by atoms with E-state index in [4.69, 9.17) is 4.74 Å². The molecule has 0 aromatic carbocycles. The Balaban J connectivity index is 2.05. The van der Waals surface area contributed by atoms with Gasteiger partial charge in [0.05, 0.1) is 12.0 Å². The van der Waals surface area contributed by atoms with E-state index in [9.17, 15) is 9.90 Å². The molecule has 0 unspecified atom stereocenters. The standard InChI is InChI=1S/C15H22O3/c1-8-4-5-11(16)15(3)7-6-10-9(2)14(17)18-13(10)12(8)15/h9-11,13,16H,4-7H2,1-3H3/t9-,10-,11+,13-,15-/m0/s1. The first-order valence-corrected chi connectivity index (χ1v) is 7.04. The number of ether oxygens (including phenoxy) is 1. The Hall–Kier alpha value is -0.830. The van der Waals surface area contributed by atoms with Crippen LogP contribution in [0.4, 0.5) is 0 Å². The molecule has 1 saturated heterocycles. The average molecular weight is 250 g/mol. The number of carbonyl (C=O) groups excluding carboxylic acids is 1. The molecule has 0 aromatic heterocycles. The third kappa shape index (κ3) is 1.43. The zero-order chi connectivity index (χ0) is 13.1. The minimum Gasteiger partial charge on any atom is -0.457 e. The van der Waals surface area contributed by atoms with Gasteiger partial charge in [0, 0.05) is 11.3 Å². The van der Waals surface area contributed by atoms with E-state index in [1.807, 2.05) is 6.92 Å². The molecule has 0 aromatic rings. The van der Waals surface area contributed by atoms with Crippen molar-refractivity contribution < 1.29 is 14.6 Å². The fourth-order valence-corrected chi connectivity index (χ4v) is 4.24. The van der Waals surface area contributed by atoms with Crippen LogP contribution in [0.25, 0.3) is 0 Å². The lowest BCUT2D eigenvalue weighted by atomic mass is 9.58. The molecule has 1 heterocycles. The van der Waals surface area contributed by atoms with Crippen LogP contribution in [-0.4, -0.2) is 23.3 Å². The summed E-state index contributed by atoms with van der Waals surface area (Å²) in [6, 6.07) is 0. The Bertz CT molecular complexity index is 425. The van der Waals surface area contributed by atoms with Gasteiger partial charge in [-0.3, -0.25) is 4.79 Å². The Morgan fingerprint density at radius 3 is 2.83 bits per heavy atom. The quantitative estimate of drug-likeness (QED) is 0.530. The normalized spacial score (nSPS) is 47.7. The highest BCUT2D eigenvalue weighted by molar-refractivity contribution is 5.75. The molecule has 0 amide bonds. The first kappa shape index (κ1) is 12.2. The molecule has 1 N–H and O–H groups in total. The number of allylic oxidation sites excluding steroid dienone is 1. The van der Waals surface area contributed by atoms with Crippen LogP contribution in [-0.2, 0) is 9.53 Å². The lowest BCUT2D eigenvalue weighted by Gasteiger charge is -2.48. The van der Waals surface area contributed by atoms with Crippen LogP contribution < -0.4 is 0 Å². The predicted octanol–water partition coefficient (Wildman–Crippen LogP) is 2.44. The van der Waals surface area contributed by atoms with E-state index < -0.39 is 0 Å². The maximum absolute atomic E-state index is 11.8. The van der Waals surface area contributed by atoms with Crippen LogP contribution >= 0.6 is 0 Å². The maximum atomic E-state index is 11.8. The molecule has 5 atom stereocenters. The van der Waals surface area contributed by atoms with E-state index in [-0.39, 0.29) is 29.5 Å². The van der Waals surface area contributed by atoms with Gasteiger partial charge in [-0.1, -0.05) is 19.4 Å². The van der Waals surface area contributed by atoms with Gasteiger partial charge in [-0.05, 0) is 38.2 Å². The first-order valence-electron chi connectivity index (χ1n) is 7.04. The van der Waals surface area contributed by atoms with Gasteiger partial charge < -0.3 is 9.84 Å². The van der Waals surface area contributed by atoms with Crippen LogP contribution in [0.3, 0.4) is 0 Å². The van der Waals surface area contributed by atoms with Crippen molar-refractivity contribution in [2.75, 3.05) is 0 Å². The van der Waals surface area contributed by atoms with Crippen molar-refractivity contribution in [3.05, 3.63) is 11.1 Å². The molecule has 100 valence electrons. The highest BCUT2D eigenvalue weighted by Crippen LogP contribution is 2.55. The molecule has 1 saturated carbocycles. The summed E-state index contributed by atoms with van der Waals surface area (Å²) in [5.41, 5.74) is 2.39. The molecule has 0 bridgehead atoms. The summed E-state index contributed by atoms with van der Waals surface area (Å²) < 4.78 is 5.62. The molecule has 1 aliphatic heterocycles. The van der Waals surface area contributed by atoms with Crippen molar-refractivity contribution in [1.82, 2.24) is 0 Å². The second kappa shape index (κ2) is 3.83. The molecule has 3 heteroatoms.